The number of aliphatic hydroxyl groups is 2. The molecule has 0 radical (unpaired) electrons. The molecule has 1 aromatic carbocycles. The Morgan fingerprint density at radius 3 is 2.54 bits per heavy atom. The fraction of sp³-hybridized carbons (Fsp3) is 0.562. The third kappa shape index (κ3) is 3.63. The van der Waals surface area contributed by atoms with Crippen LogP contribution in [0.25, 0.3) is 0 Å². The maximum atomic E-state index is 10.7. The molecule has 0 bridgehead atoms. The van der Waals surface area contributed by atoms with E-state index in [2.05, 4.69) is 4.99 Å². The third-order valence-electron chi connectivity index (χ3n) is 4.30. The lowest BCUT2D eigenvalue weighted by atomic mass is 9.95. The summed E-state index contributed by atoms with van der Waals surface area (Å²) in [5, 5.41) is 32.3. The van der Waals surface area contributed by atoms with E-state index < -0.39 is 40.8 Å². The van der Waals surface area contributed by atoms with Gasteiger partial charge in [0.05, 0.1) is 4.92 Å². The van der Waals surface area contributed by atoms with E-state index in [-0.39, 0.29) is 5.69 Å². The summed E-state index contributed by atoms with van der Waals surface area (Å²) in [6.45, 7) is 1.72. The fourth-order valence-electron chi connectivity index (χ4n) is 2.91. The van der Waals surface area contributed by atoms with Crippen LogP contribution in [-0.2, 0) is 4.74 Å². The van der Waals surface area contributed by atoms with E-state index in [4.69, 9.17) is 9.47 Å². The van der Waals surface area contributed by atoms with Crippen LogP contribution in [0.1, 0.15) is 6.92 Å². The molecule has 0 spiro atoms. The molecule has 0 aromatic heterocycles. The van der Waals surface area contributed by atoms with Crippen LogP contribution < -0.4 is 4.74 Å². The van der Waals surface area contributed by atoms with Gasteiger partial charge in [-0.3, -0.25) is 15.1 Å². The highest BCUT2D eigenvalue weighted by atomic mass is 32.2. The maximum Gasteiger partial charge on any atom is 0.269 e. The summed E-state index contributed by atoms with van der Waals surface area (Å²) in [6.07, 6.45) is -3.56. The van der Waals surface area contributed by atoms with Gasteiger partial charge in [0, 0.05) is 26.2 Å². The summed E-state index contributed by atoms with van der Waals surface area (Å²) in [7, 11) is 3.70. The highest BCUT2D eigenvalue weighted by molar-refractivity contribution is 8.14. The Hall–Kier alpha value is -1.88. The number of aliphatic hydroxyl groups excluding tert-OH is 2. The molecule has 2 aliphatic heterocycles. The number of non-ortho nitro benzene ring substituents is 1. The van der Waals surface area contributed by atoms with E-state index in [0.29, 0.717) is 5.75 Å². The van der Waals surface area contributed by atoms with Crippen molar-refractivity contribution in [3.8, 4) is 5.75 Å². The number of rotatable bonds is 4. The van der Waals surface area contributed by atoms with E-state index >= 15 is 0 Å². The zero-order valence-corrected chi connectivity index (χ0v) is 15.4. The monoisotopic (exact) mass is 383 g/mol. The Bertz CT molecular complexity index is 698. The molecule has 3 rings (SSSR count). The number of benzene rings is 1. The average molecular weight is 383 g/mol. The standard InChI is InChI=1S/C16H21N3O6S/c1-8(24-10-6-4-9(5-7-10)19(22)23)14-13(21)12(20)11-15(25-14)26-16(17-11)18(2)3/h4-8,11-15,20-21H,1-3H3/t8-,11+,12+,13-,14+,15+/m0/s1. The molecule has 26 heavy (non-hydrogen) atoms. The molecular weight excluding hydrogens is 362 g/mol. The molecule has 1 saturated heterocycles. The minimum absolute atomic E-state index is 0.0343. The number of hydrogen-bond donors (Lipinski definition) is 2. The van der Waals surface area contributed by atoms with Gasteiger partial charge < -0.3 is 24.6 Å². The largest absolute Gasteiger partial charge is 0.488 e. The van der Waals surface area contributed by atoms with Crippen LogP contribution in [0.4, 0.5) is 5.69 Å². The molecule has 2 heterocycles. The molecule has 2 N–H and O–H groups in total. The number of hydrogen-bond acceptors (Lipinski definition) is 9. The zero-order valence-electron chi connectivity index (χ0n) is 14.6. The molecule has 142 valence electrons. The van der Waals surface area contributed by atoms with Gasteiger partial charge in [-0.1, -0.05) is 11.8 Å². The van der Waals surface area contributed by atoms with Crippen LogP contribution >= 0.6 is 11.8 Å². The fourth-order valence-corrected chi connectivity index (χ4v) is 4.05. The molecule has 0 saturated carbocycles. The van der Waals surface area contributed by atoms with Crippen LogP contribution in [0.5, 0.6) is 5.75 Å². The number of aliphatic imine (C=N–C) groups is 1. The predicted molar refractivity (Wildman–Crippen MR) is 96.4 cm³/mol. The van der Waals surface area contributed by atoms with E-state index in [9.17, 15) is 20.3 Å². The number of nitro benzene ring substituents is 1. The first kappa shape index (κ1) is 18.9. The van der Waals surface area contributed by atoms with Gasteiger partial charge in [0.15, 0.2) is 5.17 Å². The minimum Gasteiger partial charge on any atom is -0.488 e. The number of ether oxygens (including phenoxy) is 2. The number of thioether (sulfide) groups is 1. The van der Waals surface area contributed by atoms with Crippen molar-refractivity contribution < 1.29 is 24.6 Å². The predicted octanol–water partition coefficient (Wildman–Crippen LogP) is 0.842. The van der Waals surface area contributed by atoms with Gasteiger partial charge in [-0.25, -0.2) is 0 Å². The lowest BCUT2D eigenvalue weighted by Crippen LogP contribution is -2.58. The Morgan fingerprint density at radius 2 is 1.96 bits per heavy atom. The molecule has 6 atom stereocenters. The average Bonchev–Trinajstić information content (AvgIpc) is 3.03. The summed E-state index contributed by atoms with van der Waals surface area (Å²) >= 11 is 1.39. The summed E-state index contributed by atoms with van der Waals surface area (Å²) in [4.78, 5) is 16.5. The Kier molecular flexibility index (Phi) is 5.37. The van der Waals surface area contributed by atoms with Crippen molar-refractivity contribution in [1.82, 2.24) is 4.90 Å². The van der Waals surface area contributed by atoms with Crippen LogP contribution in [0, 0.1) is 10.1 Å². The molecule has 0 aliphatic carbocycles. The van der Waals surface area contributed by atoms with Crippen molar-refractivity contribution in [2.24, 2.45) is 4.99 Å². The van der Waals surface area contributed by atoms with Gasteiger partial charge in [-0.15, -0.1) is 0 Å². The third-order valence-corrected chi connectivity index (χ3v) is 5.61. The summed E-state index contributed by atoms with van der Waals surface area (Å²) in [5.74, 6) is 0.416. The van der Waals surface area contributed by atoms with Crippen molar-refractivity contribution in [2.45, 2.75) is 42.8 Å². The van der Waals surface area contributed by atoms with Crippen molar-refractivity contribution in [1.29, 1.82) is 0 Å². The van der Waals surface area contributed by atoms with E-state index in [1.165, 1.54) is 36.0 Å². The zero-order chi connectivity index (χ0) is 19.0. The van der Waals surface area contributed by atoms with Crippen molar-refractivity contribution in [2.75, 3.05) is 14.1 Å². The Morgan fingerprint density at radius 1 is 1.31 bits per heavy atom. The van der Waals surface area contributed by atoms with Gasteiger partial charge in [0.25, 0.3) is 5.69 Å². The second kappa shape index (κ2) is 7.39. The first-order valence-electron chi connectivity index (χ1n) is 8.12. The maximum absolute atomic E-state index is 10.7. The molecular formula is C16H21N3O6S. The molecule has 9 nitrogen and oxygen atoms in total. The van der Waals surface area contributed by atoms with Gasteiger partial charge in [0.1, 0.15) is 41.6 Å². The number of nitrogens with zero attached hydrogens (tertiary/aromatic N) is 3. The summed E-state index contributed by atoms with van der Waals surface area (Å²) in [5.41, 5.74) is -0.438. The second-order valence-corrected chi connectivity index (χ2v) is 7.50. The first-order valence-corrected chi connectivity index (χ1v) is 9.00. The van der Waals surface area contributed by atoms with E-state index in [1.54, 1.807) is 6.92 Å². The quantitative estimate of drug-likeness (QED) is 0.580. The van der Waals surface area contributed by atoms with Crippen LogP contribution in [0.2, 0.25) is 0 Å². The Balaban J connectivity index is 1.68. The summed E-state index contributed by atoms with van der Waals surface area (Å²) < 4.78 is 11.7. The van der Waals surface area contributed by atoms with Crippen molar-refractivity contribution in [3.05, 3.63) is 34.4 Å². The smallest absolute Gasteiger partial charge is 0.269 e. The Labute approximate surface area is 154 Å². The second-order valence-electron chi connectivity index (χ2n) is 6.44. The SMILES string of the molecule is C[C@H](Oc1ccc([N+](=O)[O-])cc1)[C@H]1O[C@@H]2SC(N(C)C)=N[C@@H]2[C@@H](O)[C@@H]1O. The molecule has 1 aromatic rings. The molecule has 1 fully saturated rings. The molecule has 0 unspecified atom stereocenters. The van der Waals surface area contributed by atoms with Gasteiger partial charge in [-0.2, -0.15) is 0 Å². The topological polar surface area (TPSA) is 118 Å². The summed E-state index contributed by atoms with van der Waals surface area (Å²) in [6, 6.07) is 5.13. The van der Waals surface area contributed by atoms with Crippen molar-refractivity contribution in [3.63, 3.8) is 0 Å². The van der Waals surface area contributed by atoms with Gasteiger partial charge >= 0.3 is 0 Å². The normalized spacial score (nSPS) is 31.7. The number of fused-ring (bicyclic) bond motifs is 1. The molecule has 2 aliphatic rings. The highest BCUT2D eigenvalue weighted by Gasteiger charge is 2.50. The van der Waals surface area contributed by atoms with Crippen LogP contribution in [0.3, 0.4) is 0 Å². The lowest BCUT2D eigenvalue weighted by Gasteiger charge is -2.40. The minimum atomic E-state index is -1.16. The molecule has 10 heteroatoms. The lowest BCUT2D eigenvalue weighted by molar-refractivity contribution is -0.384. The number of nitro groups is 1. The van der Waals surface area contributed by atoms with E-state index in [0.717, 1.165) is 5.17 Å². The van der Waals surface area contributed by atoms with Crippen molar-refractivity contribution >= 4 is 22.6 Å². The number of amidine groups is 1. The van der Waals surface area contributed by atoms with Gasteiger partial charge in [-0.05, 0) is 19.1 Å². The van der Waals surface area contributed by atoms with Crippen LogP contribution in [0.15, 0.2) is 29.3 Å². The van der Waals surface area contributed by atoms with Gasteiger partial charge in [0.2, 0.25) is 0 Å². The van der Waals surface area contributed by atoms with Crippen LogP contribution in [-0.4, -0.2) is 75.2 Å². The highest BCUT2D eigenvalue weighted by Crippen LogP contribution is 2.38. The first-order chi connectivity index (χ1) is 12.3. The van der Waals surface area contributed by atoms with E-state index in [1.807, 2.05) is 19.0 Å². The molecule has 0 amide bonds.